The molecule has 2 atom stereocenters. The van der Waals surface area contributed by atoms with Crippen molar-refractivity contribution in [3.05, 3.63) is 29.7 Å². The third-order valence-electron chi connectivity index (χ3n) is 5.25. The molecule has 2 aromatic rings. The maximum atomic E-state index is 13.1. The fourth-order valence-corrected chi connectivity index (χ4v) is 4.16. The van der Waals surface area contributed by atoms with Gasteiger partial charge in [0, 0.05) is 25.2 Å². The zero-order valence-electron chi connectivity index (χ0n) is 15.8. The lowest BCUT2D eigenvalue weighted by Crippen LogP contribution is -2.53. The molecule has 0 saturated carbocycles. The van der Waals surface area contributed by atoms with Gasteiger partial charge in [-0.15, -0.1) is 0 Å². The normalized spacial score (nSPS) is 21.5. The molecule has 2 aliphatic heterocycles. The summed E-state index contributed by atoms with van der Waals surface area (Å²) >= 11 is 0. The van der Waals surface area contributed by atoms with E-state index in [1.807, 2.05) is 6.92 Å². The van der Waals surface area contributed by atoms with Crippen LogP contribution >= 0.6 is 0 Å². The van der Waals surface area contributed by atoms with Gasteiger partial charge < -0.3 is 20.0 Å². The van der Waals surface area contributed by atoms with Crippen LogP contribution in [-0.2, 0) is 16.6 Å². The highest BCUT2D eigenvalue weighted by Gasteiger charge is 2.33. The minimum Gasteiger partial charge on any atom is -0.438 e. The first-order valence-corrected chi connectivity index (χ1v) is 10.8. The van der Waals surface area contributed by atoms with E-state index < -0.39 is 21.0 Å². The van der Waals surface area contributed by atoms with Crippen LogP contribution in [-0.4, -0.2) is 60.1 Å². The van der Waals surface area contributed by atoms with Crippen molar-refractivity contribution in [1.82, 2.24) is 20.0 Å². The molecule has 2 aliphatic rings. The number of hydrogen-bond donors (Lipinski definition) is 3. The summed E-state index contributed by atoms with van der Waals surface area (Å²) in [6.45, 7) is 3.76. The van der Waals surface area contributed by atoms with E-state index in [0.29, 0.717) is 24.9 Å². The quantitative estimate of drug-likeness (QED) is 0.625. The Labute approximate surface area is 167 Å². The summed E-state index contributed by atoms with van der Waals surface area (Å²) in [4.78, 5) is 27.2. The molecule has 2 aromatic heterocycles. The Kier molecular flexibility index (Phi) is 4.82. The number of nitrogens with zero attached hydrogens (tertiary/aromatic N) is 3. The molecule has 0 aromatic carbocycles. The second-order valence-electron chi connectivity index (χ2n) is 7.27. The predicted octanol–water partition coefficient (Wildman–Crippen LogP) is -0.0279. The van der Waals surface area contributed by atoms with E-state index in [2.05, 4.69) is 15.7 Å². The third kappa shape index (κ3) is 3.72. The molecule has 2 amide bonds. The lowest BCUT2D eigenvalue weighted by molar-refractivity contribution is 0.0573. The molecule has 0 bridgehead atoms. The molecule has 29 heavy (non-hydrogen) atoms. The van der Waals surface area contributed by atoms with E-state index in [9.17, 15) is 18.0 Å². The third-order valence-corrected chi connectivity index (χ3v) is 6.03. The van der Waals surface area contributed by atoms with Gasteiger partial charge in [-0.05, 0) is 31.9 Å². The smallest absolute Gasteiger partial charge is 0.287 e. The van der Waals surface area contributed by atoms with Crippen LogP contribution in [0.25, 0.3) is 0 Å². The van der Waals surface area contributed by atoms with Crippen molar-refractivity contribution in [1.29, 1.82) is 0 Å². The lowest BCUT2D eigenvalue weighted by Gasteiger charge is -2.38. The Balaban J connectivity index is 1.45. The second kappa shape index (κ2) is 7.19. The number of rotatable bonds is 4. The number of nitrogens with one attached hydrogen (secondary N) is 2. The lowest BCUT2D eigenvalue weighted by atomic mass is 9.98. The molecule has 2 unspecified atom stereocenters. The van der Waals surface area contributed by atoms with Crippen LogP contribution in [0.5, 0.6) is 0 Å². The molecule has 1 saturated heterocycles. The highest BCUT2D eigenvalue weighted by molar-refractivity contribution is 7.89. The van der Waals surface area contributed by atoms with Gasteiger partial charge in [-0.25, -0.2) is 18.2 Å². The second-order valence-corrected chi connectivity index (χ2v) is 8.77. The first-order valence-electron chi connectivity index (χ1n) is 9.28. The zero-order valence-corrected chi connectivity index (χ0v) is 16.6. The summed E-state index contributed by atoms with van der Waals surface area (Å²) in [5.41, 5.74) is 0.519. The topological polar surface area (TPSA) is 153 Å². The van der Waals surface area contributed by atoms with Gasteiger partial charge in [-0.2, -0.15) is 5.10 Å². The van der Waals surface area contributed by atoms with Crippen LogP contribution in [0.2, 0.25) is 0 Å². The monoisotopic (exact) mass is 422 g/mol. The number of hydrogen-bond acceptors (Lipinski definition) is 7. The van der Waals surface area contributed by atoms with Gasteiger partial charge in [0.05, 0.1) is 12.7 Å². The van der Waals surface area contributed by atoms with E-state index in [0.717, 1.165) is 25.0 Å². The van der Waals surface area contributed by atoms with Crippen molar-refractivity contribution < 1.29 is 22.4 Å². The fraction of sp³-hybridized carbons (Fsp3) is 0.471. The first kappa shape index (κ1) is 19.5. The molecule has 11 nitrogen and oxygen atoms in total. The van der Waals surface area contributed by atoms with Crippen molar-refractivity contribution in [2.45, 2.75) is 43.5 Å². The molecule has 4 heterocycles. The summed E-state index contributed by atoms with van der Waals surface area (Å²) in [7, 11) is -4.02. The van der Waals surface area contributed by atoms with Crippen molar-refractivity contribution >= 4 is 27.7 Å². The summed E-state index contributed by atoms with van der Waals surface area (Å²) < 4.78 is 29.4. The Morgan fingerprint density at radius 3 is 2.86 bits per heavy atom. The Hall–Kier alpha value is -2.86. The number of nitrogens with two attached hydrogens (primary N) is 1. The number of piperidine rings is 1. The standard InChI is InChI=1S/C17H22N6O5S/c1-10-2-3-11(21-16(24)13-4-5-14(28-13)29(18,26)27)9-22(10)17(25)12-8-20-23-7-6-19-15(12)23/h4-5,8,10-11,19H,2-3,6-7,9H2,1H3,(H,21,24)(H2,18,26,27). The van der Waals surface area contributed by atoms with Crippen LogP contribution in [0, 0.1) is 0 Å². The van der Waals surface area contributed by atoms with E-state index in [1.54, 1.807) is 15.8 Å². The number of carbonyl (C=O) groups excluding carboxylic acids is 2. The summed E-state index contributed by atoms with van der Waals surface area (Å²) in [6, 6.07) is 2.12. The molecule has 0 aliphatic carbocycles. The largest absolute Gasteiger partial charge is 0.438 e. The SMILES string of the molecule is CC1CCC(NC(=O)c2ccc(S(N)(=O)=O)o2)CN1C(=O)c1cnn2c1NCC2. The number of furan rings is 1. The molecule has 4 N–H and O–H groups in total. The first-order chi connectivity index (χ1) is 13.7. The molecule has 12 heteroatoms. The Morgan fingerprint density at radius 2 is 2.14 bits per heavy atom. The van der Waals surface area contributed by atoms with Gasteiger partial charge in [-0.1, -0.05) is 0 Å². The maximum absolute atomic E-state index is 13.1. The summed E-state index contributed by atoms with van der Waals surface area (Å²) in [5, 5.41) is 14.7. The summed E-state index contributed by atoms with van der Waals surface area (Å²) in [6.07, 6.45) is 2.97. The number of carbonyl (C=O) groups is 2. The van der Waals surface area contributed by atoms with Gasteiger partial charge in [0.2, 0.25) is 5.09 Å². The van der Waals surface area contributed by atoms with E-state index >= 15 is 0 Å². The molecule has 4 rings (SSSR count). The van der Waals surface area contributed by atoms with Gasteiger partial charge in [0.15, 0.2) is 5.76 Å². The number of fused-ring (bicyclic) bond motifs is 1. The number of likely N-dealkylation sites (tertiary alicyclic amines) is 1. The van der Waals surface area contributed by atoms with Crippen molar-refractivity contribution in [2.75, 3.05) is 18.4 Å². The fourth-order valence-electron chi connectivity index (χ4n) is 3.69. The average molecular weight is 422 g/mol. The molecule has 0 spiro atoms. The van der Waals surface area contributed by atoms with Crippen LogP contribution in [0.15, 0.2) is 27.8 Å². The highest BCUT2D eigenvalue weighted by Crippen LogP contribution is 2.25. The Bertz CT molecular complexity index is 1060. The van der Waals surface area contributed by atoms with Gasteiger partial charge in [-0.3, -0.25) is 9.59 Å². The molecular weight excluding hydrogens is 400 g/mol. The van der Waals surface area contributed by atoms with E-state index in [1.165, 1.54) is 6.07 Å². The number of aromatic nitrogens is 2. The Morgan fingerprint density at radius 1 is 1.34 bits per heavy atom. The van der Waals surface area contributed by atoms with Crippen molar-refractivity contribution in [3.63, 3.8) is 0 Å². The minimum absolute atomic E-state index is 0.0187. The van der Waals surface area contributed by atoms with Gasteiger partial charge in [0.1, 0.15) is 11.4 Å². The van der Waals surface area contributed by atoms with Crippen LogP contribution in [0.3, 0.4) is 0 Å². The van der Waals surface area contributed by atoms with E-state index in [4.69, 9.17) is 9.56 Å². The van der Waals surface area contributed by atoms with Gasteiger partial charge >= 0.3 is 0 Å². The number of primary sulfonamides is 1. The number of sulfonamides is 1. The van der Waals surface area contributed by atoms with Crippen molar-refractivity contribution in [2.24, 2.45) is 5.14 Å². The predicted molar refractivity (Wildman–Crippen MR) is 102 cm³/mol. The van der Waals surface area contributed by atoms with Crippen LogP contribution in [0.1, 0.15) is 40.7 Å². The van der Waals surface area contributed by atoms with Crippen LogP contribution in [0.4, 0.5) is 5.82 Å². The number of anilines is 1. The van der Waals surface area contributed by atoms with Crippen molar-refractivity contribution in [3.8, 4) is 0 Å². The zero-order chi connectivity index (χ0) is 20.8. The molecule has 156 valence electrons. The van der Waals surface area contributed by atoms with E-state index in [-0.39, 0.29) is 23.8 Å². The summed E-state index contributed by atoms with van der Waals surface area (Å²) in [5.74, 6) is -0.120. The highest BCUT2D eigenvalue weighted by atomic mass is 32.2. The van der Waals surface area contributed by atoms with Gasteiger partial charge in [0.25, 0.3) is 21.8 Å². The minimum atomic E-state index is -4.02. The average Bonchev–Trinajstić information content (AvgIpc) is 3.38. The molecule has 1 fully saturated rings. The van der Waals surface area contributed by atoms with Crippen LogP contribution < -0.4 is 15.8 Å². The number of amides is 2. The molecular formula is C17H22N6O5S. The molecule has 0 radical (unpaired) electrons. The maximum Gasteiger partial charge on any atom is 0.287 e.